The summed E-state index contributed by atoms with van der Waals surface area (Å²) in [7, 11) is 0. The zero-order chi connectivity index (χ0) is 11.1. The van der Waals surface area contributed by atoms with Gasteiger partial charge in [-0.05, 0) is 6.07 Å². The molecule has 2 heterocycles. The van der Waals surface area contributed by atoms with Crippen molar-refractivity contribution in [3.63, 3.8) is 0 Å². The summed E-state index contributed by atoms with van der Waals surface area (Å²) in [5.41, 5.74) is 1.77. The Balaban J connectivity index is 2.65. The number of aliphatic hydroxyl groups is 1. The summed E-state index contributed by atoms with van der Waals surface area (Å²) in [5.74, 6) is 0. The van der Waals surface area contributed by atoms with E-state index in [1.165, 1.54) is 10.7 Å². The molecular formula is C11H9N3O2. The average molecular weight is 215 g/mol. The molecule has 80 valence electrons. The van der Waals surface area contributed by atoms with Crippen molar-refractivity contribution in [2.24, 2.45) is 0 Å². The molecule has 0 spiro atoms. The number of benzene rings is 1. The van der Waals surface area contributed by atoms with Crippen molar-refractivity contribution in [2.45, 2.75) is 6.61 Å². The Hall–Kier alpha value is -2.14. The zero-order valence-electron chi connectivity index (χ0n) is 8.34. The number of H-pyrrole nitrogens is 1. The molecule has 3 aromatic rings. The molecule has 0 bridgehead atoms. The Bertz CT molecular complexity index is 727. The molecule has 0 aliphatic carbocycles. The van der Waals surface area contributed by atoms with Crippen molar-refractivity contribution in [1.82, 2.24) is 14.6 Å². The van der Waals surface area contributed by atoms with Gasteiger partial charge in [0.1, 0.15) is 0 Å². The molecule has 2 aromatic heterocycles. The number of para-hydroxylation sites is 1. The third kappa shape index (κ3) is 1.09. The number of aliphatic hydroxyl groups excluding tert-OH is 1. The predicted octanol–water partition coefficient (Wildman–Crippen LogP) is 0.668. The van der Waals surface area contributed by atoms with Gasteiger partial charge in [-0.1, -0.05) is 18.2 Å². The highest BCUT2D eigenvalue weighted by Crippen LogP contribution is 2.19. The first-order chi connectivity index (χ1) is 7.81. The highest BCUT2D eigenvalue weighted by molar-refractivity contribution is 5.94. The number of fused-ring (bicyclic) bond motifs is 3. The first-order valence-corrected chi connectivity index (χ1v) is 4.90. The van der Waals surface area contributed by atoms with E-state index in [1.54, 1.807) is 0 Å². The minimum atomic E-state index is -0.298. The summed E-state index contributed by atoms with van der Waals surface area (Å²) >= 11 is 0. The quantitative estimate of drug-likeness (QED) is 0.626. The van der Waals surface area contributed by atoms with Gasteiger partial charge in [-0.2, -0.15) is 9.61 Å². The third-order valence-electron chi connectivity index (χ3n) is 2.63. The highest BCUT2D eigenvalue weighted by atomic mass is 16.3. The van der Waals surface area contributed by atoms with Crippen molar-refractivity contribution in [1.29, 1.82) is 0 Å². The van der Waals surface area contributed by atoms with Gasteiger partial charge in [-0.25, -0.2) is 4.79 Å². The Kier molecular flexibility index (Phi) is 1.81. The van der Waals surface area contributed by atoms with E-state index in [9.17, 15) is 9.90 Å². The second-order valence-electron chi connectivity index (χ2n) is 3.56. The topological polar surface area (TPSA) is 70.4 Å². The van der Waals surface area contributed by atoms with E-state index < -0.39 is 0 Å². The van der Waals surface area contributed by atoms with Crippen LogP contribution in [0.4, 0.5) is 0 Å². The van der Waals surface area contributed by atoms with Gasteiger partial charge < -0.3 is 10.1 Å². The number of rotatable bonds is 1. The van der Waals surface area contributed by atoms with Crippen LogP contribution in [0.1, 0.15) is 5.56 Å². The first-order valence-electron chi connectivity index (χ1n) is 4.90. The standard InChI is InChI=1S/C11H9N3O2/c15-6-7-5-12-14-10(7)8-3-1-2-4-9(8)13-11(14)16/h1-5,15H,6H2,(H,13,16). The van der Waals surface area contributed by atoms with E-state index in [2.05, 4.69) is 10.1 Å². The number of aromatic nitrogens is 3. The van der Waals surface area contributed by atoms with Gasteiger partial charge >= 0.3 is 5.69 Å². The smallest absolute Gasteiger partial charge is 0.347 e. The maximum absolute atomic E-state index is 11.7. The first kappa shape index (κ1) is 9.11. The molecule has 2 N–H and O–H groups in total. The summed E-state index contributed by atoms with van der Waals surface area (Å²) in [5, 5.41) is 14.0. The lowest BCUT2D eigenvalue weighted by molar-refractivity contribution is 0.283. The minimum absolute atomic E-state index is 0.128. The molecule has 5 heteroatoms. The number of hydrogen-bond acceptors (Lipinski definition) is 3. The van der Waals surface area contributed by atoms with Gasteiger partial charge in [-0.3, -0.25) is 0 Å². The van der Waals surface area contributed by atoms with Crippen molar-refractivity contribution in [2.75, 3.05) is 0 Å². The molecule has 1 aromatic carbocycles. The van der Waals surface area contributed by atoms with Gasteiger partial charge in [0.15, 0.2) is 0 Å². The number of nitrogens with zero attached hydrogens (tertiary/aromatic N) is 2. The highest BCUT2D eigenvalue weighted by Gasteiger charge is 2.09. The van der Waals surface area contributed by atoms with Crippen LogP contribution in [0.25, 0.3) is 16.4 Å². The van der Waals surface area contributed by atoms with Crippen molar-refractivity contribution < 1.29 is 5.11 Å². The Morgan fingerprint density at radius 2 is 2.19 bits per heavy atom. The molecule has 16 heavy (non-hydrogen) atoms. The maximum Gasteiger partial charge on any atom is 0.347 e. The van der Waals surface area contributed by atoms with Gasteiger partial charge in [0.2, 0.25) is 0 Å². The van der Waals surface area contributed by atoms with E-state index in [0.717, 1.165) is 10.9 Å². The number of aromatic amines is 1. The lowest BCUT2D eigenvalue weighted by Gasteiger charge is -2.01. The molecule has 3 rings (SSSR count). The summed E-state index contributed by atoms with van der Waals surface area (Å²) in [6.45, 7) is -0.128. The second-order valence-corrected chi connectivity index (χ2v) is 3.56. The van der Waals surface area contributed by atoms with E-state index in [-0.39, 0.29) is 12.3 Å². The largest absolute Gasteiger partial charge is 0.392 e. The normalized spacial score (nSPS) is 11.3. The molecule has 0 saturated carbocycles. The molecule has 0 atom stereocenters. The molecule has 0 aliphatic rings. The monoisotopic (exact) mass is 215 g/mol. The molecule has 0 unspecified atom stereocenters. The average Bonchev–Trinajstić information content (AvgIpc) is 2.74. The van der Waals surface area contributed by atoms with Gasteiger partial charge in [0, 0.05) is 10.9 Å². The van der Waals surface area contributed by atoms with Crippen LogP contribution in [0.5, 0.6) is 0 Å². The lowest BCUT2D eigenvalue weighted by atomic mass is 10.1. The zero-order valence-corrected chi connectivity index (χ0v) is 8.34. The molecule has 0 aliphatic heterocycles. The Morgan fingerprint density at radius 1 is 1.38 bits per heavy atom. The van der Waals surface area contributed by atoms with Crippen LogP contribution in [0.15, 0.2) is 35.3 Å². The van der Waals surface area contributed by atoms with E-state index in [1.807, 2.05) is 24.3 Å². The van der Waals surface area contributed by atoms with E-state index in [0.29, 0.717) is 11.1 Å². The summed E-state index contributed by atoms with van der Waals surface area (Å²) in [6.07, 6.45) is 1.51. The molecule has 0 amide bonds. The fraction of sp³-hybridized carbons (Fsp3) is 0.0909. The number of nitrogens with one attached hydrogen (secondary N) is 1. The van der Waals surface area contributed by atoms with Gasteiger partial charge in [0.25, 0.3) is 0 Å². The summed E-state index contributed by atoms with van der Waals surface area (Å²) in [6, 6.07) is 7.45. The molecule has 5 nitrogen and oxygen atoms in total. The predicted molar refractivity (Wildman–Crippen MR) is 59.2 cm³/mol. The van der Waals surface area contributed by atoms with E-state index in [4.69, 9.17) is 0 Å². The van der Waals surface area contributed by atoms with E-state index >= 15 is 0 Å². The SMILES string of the molecule is O=c1[nH]c2ccccc2c2c(CO)cnn12. The Morgan fingerprint density at radius 3 is 3.00 bits per heavy atom. The summed E-state index contributed by atoms with van der Waals surface area (Å²) in [4.78, 5) is 14.4. The molecule has 0 fully saturated rings. The van der Waals surface area contributed by atoms with Crippen LogP contribution >= 0.6 is 0 Å². The van der Waals surface area contributed by atoms with Crippen LogP contribution < -0.4 is 5.69 Å². The second kappa shape index (κ2) is 3.18. The van der Waals surface area contributed by atoms with Crippen LogP contribution in [0.2, 0.25) is 0 Å². The molecular weight excluding hydrogens is 206 g/mol. The van der Waals surface area contributed by atoms with Crippen molar-refractivity contribution in [3.05, 3.63) is 46.5 Å². The maximum atomic E-state index is 11.7. The van der Waals surface area contributed by atoms with Crippen molar-refractivity contribution >= 4 is 16.4 Å². The van der Waals surface area contributed by atoms with Crippen LogP contribution in [-0.2, 0) is 6.61 Å². The van der Waals surface area contributed by atoms with Crippen LogP contribution in [0, 0.1) is 0 Å². The minimum Gasteiger partial charge on any atom is -0.392 e. The fourth-order valence-electron chi connectivity index (χ4n) is 1.91. The van der Waals surface area contributed by atoms with Crippen molar-refractivity contribution in [3.8, 4) is 0 Å². The van der Waals surface area contributed by atoms with Gasteiger partial charge in [0.05, 0.1) is 23.8 Å². The van der Waals surface area contributed by atoms with Crippen LogP contribution in [0.3, 0.4) is 0 Å². The Labute approximate surface area is 90.0 Å². The fourth-order valence-corrected chi connectivity index (χ4v) is 1.91. The molecule has 0 radical (unpaired) electrons. The van der Waals surface area contributed by atoms with Crippen LogP contribution in [-0.4, -0.2) is 19.7 Å². The van der Waals surface area contributed by atoms with Gasteiger partial charge in [-0.15, -0.1) is 0 Å². The summed E-state index contributed by atoms with van der Waals surface area (Å²) < 4.78 is 1.27. The molecule has 0 saturated heterocycles. The number of hydrogen-bond donors (Lipinski definition) is 2. The lowest BCUT2D eigenvalue weighted by Crippen LogP contribution is -2.17. The third-order valence-corrected chi connectivity index (χ3v) is 2.63.